The van der Waals surface area contributed by atoms with E-state index in [1.807, 2.05) is 30.5 Å². The lowest BCUT2D eigenvalue weighted by molar-refractivity contribution is 0.102. The summed E-state index contributed by atoms with van der Waals surface area (Å²) in [5, 5.41) is 2.84. The molecule has 0 fully saturated rings. The van der Waals surface area contributed by atoms with E-state index in [4.69, 9.17) is 5.84 Å². The Bertz CT molecular complexity index is 588. The minimum absolute atomic E-state index is 0.197. The van der Waals surface area contributed by atoms with Crippen LogP contribution in [0.1, 0.15) is 10.4 Å². The quantitative estimate of drug-likeness (QED) is 0.453. The standard InChI is InChI=1S/C13H14N4OS/c1-19-11-4-2-3-10(8-11)16-13(18)9-5-6-15-12(7-9)17-14/h2-8H,14H2,1H3,(H,15,17)(H,16,18). The summed E-state index contributed by atoms with van der Waals surface area (Å²) in [5.41, 5.74) is 3.67. The lowest BCUT2D eigenvalue weighted by Gasteiger charge is -2.07. The minimum Gasteiger partial charge on any atom is -0.322 e. The van der Waals surface area contributed by atoms with Crippen molar-refractivity contribution in [1.82, 2.24) is 4.98 Å². The zero-order chi connectivity index (χ0) is 13.7. The van der Waals surface area contributed by atoms with Crippen LogP contribution in [-0.4, -0.2) is 17.1 Å². The van der Waals surface area contributed by atoms with Crippen molar-refractivity contribution in [2.24, 2.45) is 5.84 Å². The molecule has 1 aromatic heterocycles. The lowest BCUT2D eigenvalue weighted by Crippen LogP contribution is -2.14. The fourth-order valence-corrected chi connectivity index (χ4v) is 2.01. The molecule has 6 heteroatoms. The molecule has 1 aromatic carbocycles. The summed E-state index contributed by atoms with van der Waals surface area (Å²) in [6, 6.07) is 10.9. The number of nitrogens with two attached hydrogens (primary N) is 1. The van der Waals surface area contributed by atoms with E-state index in [9.17, 15) is 4.79 Å². The van der Waals surface area contributed by atoms with Gasteiger partial charge in [0.25, 0.3) is 5.91 Å². The maximum atomic E-state index is 12.1. The van der Waals surface area contributed by atoms with Crippen LogP contribution in [-0.2, 0) is 0 Å². The van der Waals surface area contributed by atoms with Gasteiger partial charge in [0, 0.05) is 22.3 Å². The van der Waals surface area contributed by atoms with Gasteiger partial charge in [0.2, 0.25) is 0 Å². The Morgan fingerprint density at radius 1 is 1.32 bits per heavy atom. The molecule has 0 radical (unpaired) electrons. The Labute approximate surface area is 115 Å². The highest BCUT2D eigenvalue weighted by Gasteiger charge is 2.07. The molecule has 1 heterocycles. The number of carbonyl (C=O) groups excluding carboxylic acids is 1. The SMILES string of the molecule is CSc1cccc(NC(=O)c2ccnc(NN)c2)c1. The molecule has 2 rings (SSSR count). The van der Waals surface area contributed by atoms with Crippen LogP contribution in [0, 0.1) is 0 Å². The van der Waals surface area contributed by atoms with Gasteiger partial charge in [-0.3, -0.25) is 4.79 Å². The average molecular weight is 274 g/mol. The molecular formula is C13H14N4OS. The number of amides is 1. The molecule has 0 saturated carbocycles. The van der Waals surface area contributed by atoms with Crippen LogP contribution >= 0.6 is 11.8 Å². The molecule has 2 aromatic rings. The van der Waals surface area contributed by atoms with Gasteiger partial charge >= 0.3 is 0 Å². The van der Waals surface area contributed by atoms with Crippen LogP contribution in [0.5, 0.6) is 0 Å². The molecule has 0 bridgehead atoms. The first kappa shape index (κ1) is 13.4. The Morgan fingerprint density at radius 3 is 2.89 bits per heavy atom. The van der Waals surface area contributed by atoms with Gasteiger partial charge in [0.15, 0.2) is 0 Å². The minimum atomic E-state index is -0.197. The predicted molar refractivity (Wildman–Crippen MR) is 78.2 cm³/mol. The number of carbonyl (C=O) groups is 1. The molecule has 0 unspecified atom stereocenters. The molecule has 0 aliphatic rings. The molecule has 0 aliphatic carbocycles. The van der Waals surface area contributed by atoms with Crippen molar-refractivity contribution in [2.45, 2.75) is 4.90 Å². The number of nitrogen functional groups attached to an aromatic ring is 1. The summed E-state index contributed by atoms with van der Waals surface area (Å²) >= 11 is 1.62. The highest BCUT2D eigenvalue weighted by molar-refractivity contribution is 7.98. The van der Waals surface area contributed by atoms with Crippen LogP contribution < -0.4 is 16.6 Å². The van der Waals surface area contributed by atoms with Gasteiger partial charge in [0.05, 0.1) is 0 Å². The van der Waals surface area contributed by atoms with Crippen molar-refractivity contribution >= 4 is 29.2 Å². The molecule has 0 spiro atoms. The smallest absolute Gasteiger partial charge is 0.255 e. The fourth-order valence-electron chi connectivity index (χ4n) is 1.55. The van der Waals surface area contributed by atoms with Gasteiger partial charge in [-0.2, -0.15) is 0 Å². The van der Waals surface area contributed by atoms with Crippen molar-refractivity contribution in [1.29, 1.82) is 0 Å². The van der Waals surface area contributed by atoms with E-state index in [2.05, 4.69) is 15.7 Å². The van der Waals surface area contributed by atoms with Crippen LogP contribution in [0.3, 0.4) is 0 Å². The number of aromatic nitrogens is 1. The first-order chi connectivity index (χ1) is 9.22. The molecule has 19 heavy (non-hydrogen) atoms. The van der Waals surface area contributed by atoms with Crippen molar-refractivity contribution in [3.05, 3.63) is 48.2 Å². The largest absolute Gasteiger partial charge is 0.322 e. The Kier molecular flexibility index (Phi) is 4.38. The van der Waals surface area contributed by atoms with Gasteiger partial charge in [-0.15, -0.1) is 11.8 Å². The Balaban J connectivity index is 2.15. The summed E-state index contributed by atoms with van der Waals surface area (Å²) in [7, 11) is 0. The second-order valence-corrected chi connectivity index (χ2v) is 4.64. The molecule has 5 nitrogen and oxygen atoms in total. The van der Waals surface area contributed by atoms with Gasteiger partial charge in [0.1, 0.15) is 5.82 Å². The summed E-state index contributed by atoms with van der Waals surface area (Å²) in [6.07, 6.45) is 3.52. The number of pyridine rings is 1. The monoisotopic (exact) mass is 274 g/mol. The first-order valence-electron chi connectivity index (χ1n) is 5.61. The summed E-state index contributed by atoms with van der Waals surface area (Å²) in [6.45, 7) is 0. The van der Waals surface area contributed by atoms with E-state index < -0.39 is 0 Å². The molecule has 4 N–H and O–H groups in total. The average Bonchev–Trinajstić information content (AvgIpc) is 2.47. The van der Waals surface area contributed by atoms with Gasteiger partial charge in [-0.05, 0) is 36.6 Å². The van der Waals surface area contributed by atoms with Crippen LogP contribution in [0.4, 0.5) is 11.5 Å². The summed E-state index contributed by atoms with van der Waals surface area (Å²) in [4.78, 5) is 17.1. The van der Waals surface area contributed by atoms with E-state index in [0.29, 0.717) is 11.4 Å². The number of hydrazine groups is 1. The maximum absolute atomic E-state index is 12.1. The Hall–Kier alpha value is -2.05. The van der Waals surface area contributed by atoms with E-state index >= 15 is 0 Å². The van der Waals surface area contributed by atoms with Crippen LogP contribution in [0.2, 0.25) is 0 Å². The summed E-state index contributed by atoms with van der Waals surface area (Å²) < 4.78 is 0. The van der Waals surface area contributed by atoms with E-state index in [-0.39, 0.29) is 5.91 Å². The molecule has 0 aliphatic heterocycles. The maximum Gasteiger partial charge on any atom is 0.255 e. The van der Waals surface area contributed by atoms with Crippen molar-refractivity contribution in [2.75, 3.05) is 17.0 Å². The zero-order valence-corrected chi connectivity index (χ0v) is 11.2. The normalized spacial score (nSPS) is 10.0. The predicted octanol–water partition coefficient (Wildman–Crippen LogP) is 2.34. The number of anilines is 2. The second-order valence-electron chi connectivity index (χ2n) is 3.76. The topological polar surface area (TPSA) is 80.0 Å². The van der Waals surface area contributed by atoms with E-state index in [1.165, 1.54) is 6.20 Å². The van der Waals surface area contributed by atoms with Crippen molar-refractivity contribution in [3.8, 4) is 0 Å². The van der Waals surface area contributed by atoms with Crippen molar-refractivity contribution < 1.29 is 4.79 Å². The van der Waals surface area contributed by atoms with E-state index in [0.717, 1.165) is 10.6 Å². The van der Waals surface area contributed by atoms with E-state index in [1.54, 1.807) is 23.9 Å². The number of hydrogen-bond donors (Lipinski definition) is 3. The first-order valence-corrected chi connectivity index (χ1v) is 6.83. The second kappa shape index (κ2) is 6.21. The molecule has 1 amide bonds. The fraction of sp³-hybridized carbons (Fsp3) is 0.0769. The molecule has 0 saturated heterocycles. The number of rotatable bonds is 4. The number of benzene rings is 1. The third kappa shape index (κ3) is 3.46. The number of thioether (sulfide) groups is 1. The third-order valence-electron chi connectivity index (χ3n) is 2.50. The number of nitrogens with zero attached hydrogens (tertiary/aromatic N) is 1. The van der Waals surface area contributed by atoms with Gasteiger partial charge < -0.3 is 10.7 Å². The zero-order valence-electron chi connectivity index (χ0n) is 10.4. The van der Waals surface area contributed by atoms with Gasteiger partial charge in [-0.1, -0.05) is 6.07 Å². The Morgan fingerprint density at radius 2 is 2.16 bits per heavy atom. The number of nitrogens with one attached hydrogen (secondary N) is 2. The van der Waals surface area contributed by atoms with Crippen LogP contribution in [0.15, 0.2) is 47.5 Å². The third-order valence-corrected chi connectivity index (χ3v) is 3.22. The van der Waals surface area contributed by atoms with Crippen LogP contribution in [0.25, 0.3) is 0 Å². The molecule has 98 valence electrons. The lowest BCUT2D eigenvalue weighted by atomic mass is 10.2. The summed E-state index contributed by atoms with van der Waals surface area (Å²) in [5.74, 6) is 5.51. The number of hydrogen-bond acceptors (Lipinski definition) is 5. The molecule has 0 atom stereocenters. The molecular weight excluding hydrogens is 260 g/mol. The van der Waals surface area contributed by atoms with Gasteiger partial charge in [-0.25, -0.2) is 10.8 Å². The van der Waals surface area contributed by atoms with Crippen molar-refractivity contribution in [3.63, 3.8) is 0 Å². The highest BCUT2D eigenvalue weighted by atomic mass is 32.2. The highest BCUT2D eigenvalue weighted by Crippen LogP contribution is 2.19.